The summed E-state index contributed by atoms with van der Waals surface area (Å²) in [5.74, 6) is 0.812. The molecular weight excluding hydrogens is 210 g/mol. The minimum absolute atomic E-state index is 0.417. The predicted octanol–water partition coefficient (Wildman–Crippen LogP) is 3.13. The summed E-state index contributed by atoms with van der Waals surface area (Å²) >= 11 is 0. The average Bonchev–Trinajstić information content (AvgIpc) is 2.81. The van der Waals surface area contributed by atoms with Crippen molar-refractivity contribution in [2.45, 2.75) is 65.1 Å². The molecular formula is C14H25N3. The van der Waals surface area contributed by atoms with E-state index in [1.54, 1.807) is 0 Å². The number of nitrogens with one attached hydrogen (secondary N) is 1. The van der Waals surface area contributed by atoms with Gasteiger partial charge in [0.15, 0.2) is 0 Å². The lowest BCUT2D eigenvalue weighted by atomic mass is 9.85. The van der Waals surface area contributed by atoms with Gasteiger partial charge in [-0.15, -0.1) is 0 Å². The first kappa shape index (κ1) is 12.6. The lowest BCUT2D eigenvalue weighted by molar-refractivity contribution is 0.263. The molecule has 3 atom stereocenters. The van der Waals surface area contributed by atoms with Crippen LogP contribution < -0.4 is 5.32 Å². The van der Waals surface area contributed by atoms with Crippen LogP contribution in [0.25, 0.3) is 0 Å². The predicted molar refractivity (Wildman–Crippen MR) is 70.9 cm³/mol. The fourth-order valence-electron chi connectivity index (χ4n) is 2.76. The second kappa shape index (κ2) is 5.67. The van der Waals surface area contributed by atoms with Crippen LogP contribution in [0.15, 0.2) is 12.4 Å². The molecule has 0 aliphatic heterocycles. The Kier molecular flexibility index (Phi) is 4.21. The van der Waals surface area contributed by atoms with Gasteiger partial charge in [0.25, 0.3) is 0 Å². The van der Waals surface area contributed by atoms with Crippen LogP contribution in [0.5, 0.6) is 0 Å². The summed E-state index contributed by atoms with van der Waals surface area (Å²) in [5.41, 5.74) is 1.31. The quantitative estimate of drug-likeness (QED) is 0.869. The molecule has 96 valence electrons. The van der Waals surface area contributed by atoms with Crippen LogP contribution in [0.4, 0.5) is 0 Å². The van der Waals surface area contributed by atoms with E-state index in [2.05, 4.69) is 37.4 Å². The maximum absolute atomic E-state index is 4.34. The summed E-state index contributed by atoms with van der Waals surface area (Å²) in [6.07, 6.45) is 9.64. The number of aryl methyl sites for hydroxylation is 1. The molecule has 1 aromatic rings. The zero-order valence-electron chi connectivity index (χ0n) is 11.3. The molecule has 1 aromatic heterocycles. The molecule has 1 aliphatic rings. The van der Waals surface area contributed by atoms with Crippen LogP contribution in [0.2, 0.25) is 0 Å². The van der Waals surface area contributed by atoms with Gasteiger partial charge >= 0.3 is 0 Å². The smallest absolute Gasteiger partial charge is 0.0537 e. The normalized spacial score (nSPS) is 27.0. The van der Waals surface area contributed by atoms with Crippen molar-refractivity contribution in [1.82, 2.24) is 15.1 Å². The molecule has 17 heavy (non-hydrogen) atoms. The first-order chi connectivity index (χ1) is 8.20. The van der Waals surface area contributed by atoms with Gasteiger partial charge in [0, 0.05) is 30.4 Å². The zero-order chi connectivity index (χ0) is 12.3. The molecule has 1 fully saturated rings. The highest BCUT2D eigenvalue weighted by atomic mass is 15.3. The highest BCUT2D eigenvalue weighted by molar-refractivity contribution is 5.09. The Bertz CT molecular complexity index is 345. The Balaban J connectivity index is 1.93. The van der Waals surface area contributed by atoms with Gasteiger partial charge in [-0.25, -0.2) is 0 Å². The van der Waals surface area contributed by atoms with Crippen LogP contribution in [-0.2, 0) is 6.54 Å². The minimum atomic E-state index is 0.417. The summed E-state index contributed by atoms with van der Waals surface area (Å²) in [6, 6.07) is 1.10. The van der Waals surface area contributed by atoms with Gasteiger partial charge in [-0.1, -0.05) is 19.8 Å². The monoisotopic (exact) mass is 235 g/mol. The fourth-order valence-corrected chi connectivity index (χ4v) is 2.76. The van der Waals surface area contributed by atoms with E-state index in [0.717, 1.165) is 12.5 Å². The molecule has 0 bridgehead atoms. The lowest BCUT2D eigenvalue weighted by Crippen LogP contribution is -2.38. The SMILES string of the molecule is CCn1cc(C(C)NC2CCCCC2C)cn1. The number of hydrogen-bond donors (Lipinski definition) is 1. The van der Waals surface area contributed by atoms with Gasteiger partial charge in [-0.05, 0) is 32.6 Å². The Morgan fingerprint density at radius 1 is 1.47 bits per heavy atom. The zero-order valence-corrected chi connectivity index (χ0v) is 11.3. The van der Waals surface area contributed by atoms with Crippen molar-refractivity contribution in [3.8, 4) is 0 Å². The maximum Gasteiger partial charge on any atom is 0.0537 e. The van der Waals surface area contributed by atoms with Crippen molar-refractivity contribution in [2.24, 2.45) is 5.92 Å². The number of aromatic nitrogens is 2. The third kappa shape index (κ3) is 3.09. The van der Waals surface area contributed by atoms with Gasteiger partial charge in [-0.3, -0.25) is 4.68 Å². The second-order valence-corrected chi connectivity index (χ2v) is 5.39. The molecule has 1 saturated carbocycles. The van der Waals surface area contributed by atoms with Crippen molar-refractivity contribution in [3.05, 3.63) is 18.0 Å². The molecule has 0 radical (unpaired) electrons. The van der Waals surface area contributed by atoms with Crippen LogP contribution in [0.1, 0.15) is 58.1 Å². The molecule has 3 unspecified atom stereocenters. The first-order valence-corrected chi connectivity index (χ1v) is 6.99. The number of nitrogens with zero attached hydrogens (tertiary/aromatic N) is 2. The molecule has 0 aromatic carbocycles. The molecule has 1 heterocycles. The van der Waals surface area contributed by atoms with Crippen molar-refractivity contribution < 1.29 is 0 Å². The average molecular weight is 235 g/mol. The molecule has 1 aliphatic carbocycles. The Morgan fingerprint density at radius 2 is 2.24 bits per heavy atom. The third-order valence-electron chi connectivity index (χ3n) is 4.05. The topological polar surface area (TPSA) is 29.9 Å². The van der Waals surface area contributed by atoms with E-state index >= 15 is 0 Å². The largest absolute Gasteiger partial charge is 0.307 e. The molecule has 2 rings (SSSR count). The Labute approximate surface area is 105 Å². The van der Waals surface area contributed by atoms with Crippen LogP contribution in [0.3, 0.4) is 0 Å². The summed E-state index contributed by atoms with van der Waals surface area (Å²) < 4.78 is 2.00. The maximum atomic E-state index is 4.34. The van der Waals surface area contributed by atoms with Crippen LogP contribution in [-0.4, -0.2) is 15.8 Å². The van der Waals surface area contributed by atoms with Gasteiger partial charge < -0.3 is 5.32 Å². The molecule has 1 N–H and O–H groups in total. The Morgan fingerprint density at radius 3 is 2.88 bits per heavy atom. The standard InChI is InChI=1S/C14H25N3/c1-4-17-10-13(9-15-17)12(3)16-14-8-6-5-7-11(14)2/h9-12,14,16H,4-8H2,1-3H3. The van der Waals surface area contributed by atoms with E-state index in [9.17, 15) is 0 Å². The minimum Gasteiger partial charge on any atom is -0.307 e. The molecule has 0 saturated heterocycles. The van der Waals surface area contributed by atoms with Crippen molar-refractivity contribution >= 4 is 0 Å². The van der Waals surface area contributed by atoms with Gasteiger partial charge in [0.1, 0.15) is 0 Å². The van der Waals surface area contributed by atoms with E-state index in [-0.39, 0.29) is 0 Å². The lowest BCUT2D eigenvalue weighted by Gasteiger charge is -2.32. The van der Waals surface area contributed by atoms with Gasteiger partial charge in [-0.2, -0.15) is 5.10 Å². The van der Waals surface area contributed by atoms with Gasteiger partial charge in [0.2, 0.25) is 0 Å². The highest BCUT2D eigenvalue weighted by Crippen LogP contribution is 2.26. The first-order valence-electron chi connectivity index (χ1n) is 6.99. The molecule has 3 nitrogen and oxygen atoms in total. The third-order valence-corrected chi connectivity index (χ3v) is 4.05. The van der Waals surface area contributed by atoms with Gasteiger partial charge in [0.05, 0.1) is 6.20 Å². The summed E-state index contributed by atoms with van der Waals surface area (Å²) in [4.78, 5) is 0. The van der Waals surface area contributed by atoms with Crippen molar-refractivity contribution in [2.75, 3.05) is 0 Å². The molecule has 0 amide bonds. The summed E-state index contributed by atoms with van der Waals surface area (Å²) in [5, 5.41) is 8.11. The van der Waals surface area contributed by atoms with E-state index in [1.807, 2.05) is 10.9 Å². The van der Waals surface area contributed by atoms with E-state index in [0.29, 0.717) is 12.1 Å². The Hall–Kier alpha value is -0.830. The number of hydrogen-bond acceptors (Lipinski definition) is 2. The van der Waals surface area contributed by atoms with E-state index in [4.69, 9.17) is 0 Å². The van der Waals surface area contributed by atoms with E-state index < -0.39 is 0 Å². The van der Waals surface area contributed by atoms with E-state index in [1.165, 1.54) is 31.2 Å². The van der Waals surface area contributed by atoms with Crippen LogP contribution in [0, 0.1) is 5.92 Å². The highest BCUT2D eigenvalue weighted by Gasteiger charge is 2.23. The molecule has 3 heteroatoms. The van der Waals surface area contributed by atoms with Crippen molar-refractivity contribution in [1.29, 1.82) is 0 Å². The second-order valence-electron chi connectivity index (χ2n) is 5.39. The fraction of sp³-hybridized carbons (Fsp3) is 0.786. The summed E-state index contributed by atoms with van der Waals surface area (Å²) in [6.45, 7) is 7.70. The molecule has 0 spiro atoms. The summed E-state index contributed by atoms with van der Waals surface area (Å²) in [7, 11) is 0. The van der Waals surface area contributed by atoms with Crippen LogP contribution >= 0.6 is 0 Å². The number of rotatable bonds is 4. The van der Waals surface area contributed by atoms with Crippen molar-refractivity contribution in [3.63, 3.8) is 0 Å².